The van der Waals surface area contributed by atoms with E-state index in [2.05, 4.69) is 18.5 Å². The van der Waals surface area contributed by atoms with Crippen LogP contribution in [0, 0.1) is 0 Å². The predicted molar refractivity (Wildman–Crippen MR) is 68.4 cm³/mol. The minimum atomic E-state index is 0.205. The zero-order valence-corrected chi connectivity index (χ0v) is 11.2. The molecule has 1 amide bonds. The maximum atomic E-state index is 11.6. The smallest absolute Gasteiger partial charge is 0.236 e. The Labute approximate surface area is 98.0 Å². The molecule has 0 spiro atoms. The van der Waals surface area contributed by atoms with E-state index in [4.69, 9.17) is 0 Å². The lowest BCUT2D eigenvalue weighted by molar-refractivity contribution is -0.129. The van der Waals surface area contributed by atoms with Gasteiger partial charge in [0.1, 0.15) is 0 Å². The summed E-state index contributed by atoms with van der Waals surface area (Å²) in [6.45, 7) is 8.23. The van der Waals surface area contributed by atoms with Crippen molar-refractivity contribution >= 4 is 17.7 Å². The first-order valence-corrected chi connectivity index (χ1v) is 7.05. The van der Waals surface area contributed by atoms with Crippen molar-refractivity contribution in [3.8, 4) is 0 Å². The Bertz CT molecular complexity index is 172. The molecule has 0 rings (SSSR count). The van der Waals surface area contributed by atoms with Gasteiger partial charge in [-0.3, -0.25) is 4.79 Å². The highest BCUT2D eigenvalue weighted by Gasteiger charge is 2.10. The first-order chi connectivity index (χ1) is 7.15. The van der Waals surface area contributed by atoms with Crippen molar-refractivity contribution in [3.05, 3.63) is 0 Å². The van der Waals surface area contributed by atoms with Crippen LogP contribution in [0.25, 0.3) is 0 Å². The van der Waals surface area contributed by atoms with E-state index < -0.39 is 0 Å². The highest BCUT2D eigenvalue weighted by molar-refractivity contribution is 7.98. The van der Waals surface area contributed by atoms with Gasteiger partial charge in [-0.1, -0.05) is 0 Å². The first kappa shape index (κ1) is 14.8. The van der Waals surface area contributed by atoms with Crippen molar-refractivity contribution < 1.29 is 4.79 Å². The number of nitrogens with zero attached hydrogens (tertiary/aromatic N) is 1. The first-order valence-electron chi connectivity index (χ1n) is 5.65. The molecule has 0 aromatic carbocycles. The quantitative estimate of drug-likeness (QED) is 0.690. The summed E-state index contributed by atoms with van der Waals surface area (Å²) < 4.78 is 0. The van der Waals surface area contributed by atoms with Crippen LogP contribution >= 0.6 is 11.8 Å². The van der Waals surface area contributed by atoms with Gasteiger partial charge in [0.15, 0.2) is 0 Å². The van der Waals surface area contributed by atoms with Crippen LogP contribution in [-0.2, 0) is 4.79 Å². The Balaban J connectivity index is 3.69. The van der Waals surface area contributed by atoms with Crippen molar-refractivity contribution in [2.75, 3.05) is 31.6 Å². The van der Waals surface area contributed by atoms with Gasteiger partial charge in [0.25, 0.3) is 0 Å². The molecule has 0 aromatic heterocycles. The van der Waals surface area contributed by atoms with Crippen LogP contribution in [-0.4, -0.2) is 48.5 Å². The van der Waals surface area contributed by atoms with Crippen molar-refractivity contribution in [2.45, 2.75) is 33.2 Å². The van der Waals surface area contributed by atoms with Crippen molar-refractivity contribution in [3.63, 3.8) is 0 Å². The average molecular weight is 232 g/mol. The third-order valence-corrected chi connectivity index (χ3v) is 3.12. The molecule has 0 aliphatic heterocycles. The lowest BCUT2D eigenvalue weighted by Gasteiger charge is -2.20. The van der Waals surface area contributed by atoms with Gasteiger partial charge in [-0.2, -0.15) is 11.8 Å². The van der Waals surface area contributed by atoms with E-state index >= 15 is 0 Å². The third kappa shape index (κ3) is 6.79. The Morgan fingerprint density at radius 1 is 1.40 bits per heavy atom. The SMILES string of the molecule is CCN(CC)C(=O)CNC(C)CCSC. The number of rotatable bonds is 8. The molecule has 1 atom stereocenters. The van der Waals surface area contributed by atoms with Crippen LogP contribution in [0.15, 0.2) is 0 Å². The number of hydrogen-bond donors (Lipinski definition) is 1. The summed E-state index contributed by atoms with van der Waals surface area (Å²) in [4.78, 5) is 13.5. The molecule has 0 radical (unpaired) electrons. The number of amides is 1. The fraction of sp³-hybridized carbons (Fsp3) is 0.909. The van der Waals surface area contributed by atoms with Gasteiger partial charge < -0.3 is 10.2 Å². The predicted octanol–water partition coefficient (Wildman–Crippen LogP) is 1.59. The Morgan fingerprint density at radius 2 is 2.00 bits per heavy atom. The molecule has 0 aliphatic carbocycles. The highest BCUT2D eigenvalue weighted by atomic mass is 32.2. The Morgan fingerprint density at radius 3 is 2.47 bits per heavy atom. The molecule has 1 N–H and O–H groups in total. The highest BCUT2D eigenvalue weighted by Crippen LogP contribution is 1.99. The zero-order chi connectivity index (χ0) is 11.7. The van der Waals surface area contributed by atoms with E-state index in [1.807, 2.05) is 30.5 Å². The van der Waals surface area contributed by atoms with E-state index in [1.165, 1.54) is 0 Å². The van der Waals surface area contributed by atoms with E-state index in [1.54, 1.807) is 0 Å². The standard InChI is InChI=1S/C11H24N2OS/c1-5-13(6-2)11(14)9-12-10(3)7-8-15-4/h10,12H,5-9H2,1-4H3. The summed E-state index contributed by atoms with van der Waals surface area (Å²) in [6.07, 6.45) is 3.22. The second kappa shape index (κ2) is 9.04. The maximum Gasteiger partial charge on any atom is 0.236 e. The van der Waals surface area contributed by atoms with Crippen molar-refractivity contribution in [1.82, 2.24) is 10.2 Å². The summed E-state index contributed by atoms with van der Waals surface area (Å²) >= 11 is 1.84. The number of likely N-dealkylation sites (N-methyl/N-ethyl adjacent to an activating group) is 1. The summed E-state index contributed by atoms with van der Waals surface area (Å²) in [5, 5.41) is 3.26. The lowest BCUT2D eigenvalue weighted by Crippen LogP contribution is -2.40. The largest absolute Gasteiger partial charge is 0.342 e. The molecular weight excluding hydrogens is 208 g/mol. The van der Waals surface area contributed by atoms with Gasteiger partial charge >= 0.3 is 0 Å². The van der Waals surface area contributed by atoms with Gasteiger partial charge in [-0.25, -0.2) is 0 Å². The molecule has 0 fully saturated rings. The summed E-state index contributed by atoms with van der Waals surface area (Å²) in [5.74, 6) is 1.35. The molecule has 0 saturated carbocycles. The van der Waals surface area contributed by atoms with Gasteiger partial charge in [-0.15, -0.1) is 0 Å². The minimum Gasteiger partial charge on any atom is -0.342 e. The molecule has 4 heteroatoms. The average Bonchev–Trinajstić information content (AvgIpc) is 2.25. The fourth-order valence-corrected chi connectivity index (χ4v) is 1.94. The monoisotopic (exact) mass is 232 g/mol. The zero-order valence-electron chi connectivity index (χ0n) is 10.4. The topological polar surface area (TPSA) is 32.3 Å². The van der Waals surface area contributed by atoms with Crippen LogP contribution in [0.1, 0.15) is 27.2 Å². The van der Waals surface area contributed by atoms with Crippen LogP contribution in [0.3, 0.4) is 0 Å². The second-order valence-corrected chi connectivity index (χ2v) is 4.62. The molecular formula is C11H24N2OS. The normalized spacial score (nSPS) is 12.5. The molecule has 15 heavy (non-hydrogen) atoms. The van der Waals surface area contributed by atoms with Gasteiger partial charge in [0.05, 0.1) is 6.54 Å². The Kier molecular flexibility index (Phi) is 8.91. The van der Waals surface area contributed by atoms with Crippen molar-refractivity contribution in [2.24, 2.45) is 0 Å². The summed E-state index contributed by atoms with van der Waals surface area (Å²) in [7, 11) is 0. The van der Waals surface area contributed by atoms with E-state index in [0.29, 0.717) is 12.6 Å². The van der Waals surface area contributed by atoms with Gasteiger partial charge in [0.2, 0.25) is 5.91 Å². The van der Waals surface area contributed by atoms with Crippen LogP contribution in [0.5, 0.6) is 0 Å². The number of carbonyl (C=O) groups is 1. The van der Waals surface area contributed by atoms with E-state index in [9.17, 15) is 4.79 Å². The number of thioether (sulfide) groups is 1. The molecule has 3 nitrogen and oxygen atoms in total. The Hall–Kier alpha value is -0.220. The van der Waals surface area contributed by atoms with Crippen LogP contribution < -0.4 is 5.32 Å². The molecule has 0 saturated heterocycles. The van der Waals surface area contributed by atoms with Gasteiger partial charge in [-0.05, 0) is 39.2 Å². The lowest BCUT2D eigenvalue weighted by atomic mass is 10.2. The molecule has 0 heterocycles. The number of nitrogens with one attached hydrogen (secondary N) is 1. The maximum absolute atomic E-state index is 11.6. The van der Waals surface area contributed by atoms with Gasteiger partial charge in [0, 0.05) is 19.1 Å². The number of hydrogen-bond acceptors (Lipinski definition) is 3. The van der Waals surface area contributed by atoms with E-state index in [0.717, 1.165) is 25.3 Å². The summed E-state index contributed by atoms with van der Waals surface area (Å²) in [5.41, 5.74) is 0. The molecule has 0 aromatic rings. The summed E-state index contributed by atoms with van der Waals surface area (Å²) in [6, 6.07) is 0.428. The third-order valence-electron chi connectivity index (χ3n) is 2.47. The molecule has 90 valence electrons. The molecule has 1 unspecified atom stereocenters. The molecule has 0 bridgehead atoms. The van der Waals surface area contributed by atoms with Crippen LogP contribution in [0.2, 0.25) is 0 Å². The molecule has 0 aliphatic rings. The van der Waals surface area contributed by atoms with Crippen molar-refractivity contribution in [1.29, 1.82) is 0 Å². The number of carbonyl (C=O) groups excluding carboxylic acids is 1. The van der Waals surface area contributed by atoms with E-state index in [-0.39, 0.29) is 5.91 Å². The minimum absolute atomic E-state index is 0.205. The fourth-order valence-electron chi connectivity index (χ4n) is 1.35. The van der Waals surface area contributed by atoms with Crippen LogP contribution in [0.4, 0.5) is 0 Å². The second-order valence-electron chi connectivity index (χ2n) is 3.63.